The van der Waals surface area contributed by atoms with Gasteiger partial charge in [0, 0.05) is 17.4 Å². The number of nitrogens with zero attached hydrogens (tertiary/aromatic N) is 3. The van der Waals surface area contributed by atoms with Crippen molar-refractivity contribution in [2.24, 2.45) is 0 Å². The fourth-order valence-corrected chi connectivity index (χ4v) is 4.68. The minimum absolute atomic E-state index is 0.109. The molecule has 0 bridgehead atoms. The molecule has 0 atom stereocenters. The SMILES string of the molecule is CSc1nn2cccnc2c1S(=O)(=O)c1cccc(Cl)c1. The summed E-state index contributed by atoms with van der Waals surface area (Å²) in [6.07, 6.45) is 4.98. The number of rotatable bonds is 3. The molecule has 0 spiro atoms. The highest BCUT2D eigenvalue weighted by Crippen LogP contribution is 2.32. The molecular weight excluding hydrogens is 330 g/mol. The first-order chi connectivity index (χ1) is 10.0. The van der Waals surface area contributed by atoms with Crippen molar-refractivity contribution in [3.8, 4) is 0 Å². The van der Waals surface area contributed by atoms with Crippen LogP contribution in [0.3, 0.4) is 0 Å². The maximum atomic E-state index is 12.9. The van der Waals surface area contributed by atoms with E-state index in [1.165, 1.54) is 34.6 Å². The number of halogens is 1. The van der Waals surface area contributed by atoms with Gasteiger partial charge in [-0.15, -0.1) is 11.8 Å². The first-order valence-electron chi connectivity index (χ1n) is 5.92. The lowest BCUT2D eigenvalue weighted by atomic mass is 10.4. The molecule has 5 nitrogen and oxygen atoms in total. The van der Waals surface area contributed by atoms with E-state index in [1.807, 2.05) is 0 Å². The fourth-order valence-electron chi connectivity index (χ4n) is 1.97. The molecule has 0 saturated carbocycles. The van der Waals surface area contributed by atoms with Crippen molar-refractivity contribution in [2.45, 2.75) is 14.8 Å². The third-order valence-corrected chi connectivity index (χ3v) is 5.72. The van der Waals surface area contributed by atoms with E-state index in [0.29, 0.717) is 15.7 Å². The molecule has 2 aromatic heterocycles. The van der Waals surface area contributed by atoms with E-state index in [2.05, 4.69) is 10.1 Å². The second-order valence-corrected chi connectivity index (χ2v) is 7.30. The van der Waals surface area contributed by atoms with Crippen molar-refractivity contribution in [3.05, 3.63) is 47.7 Å². The monoisotopic (exact) mass is 339 g/mol. The molecule has 0 fully saturated rings. The summed E-state index contributed by atoms with van der Waals surface area (Å²) in [6, 6.07) is 7.86. The zero-order chi connectivity index (χ0) is 15.0. The second kappa shape index (κ2) is 5.32. The highest BCUT2D eigenvalue weighted by Gasteiger charge is 2.28. The van der Waals surface area contributed by atoms with Crippen LogP contribution in [-0.4, -0.2) is 29.3 Å². The lowest BCUT2D eigenvalue weighted by molar-refractivity contribution is 0.594. The number of aromatic nitrogens is 3. The van der Waals surface area contributed by atoms with E-state index < -0.39 is 9.84 Å². The number of thioether (sulfide) groups is 1. The fraction of sp³-hybridized carbons (Fsp3) is 0.0769. The van der Waals surface area contributed by atoms with E-state index in [4.69, 9.17) is 11.6 Å². The van der Waals surface area contributed by atoms with Crippen LogP contribution >= 0.6 is 23.4 Å². The molecule has 0 aliphatic rings. The van der Waals surface area contributed by atoms with Crippen LogP contribution in [0.5, 0.6) is 0 Å². The summed E-state index contributed by atoms with van der Waals surface area (Å²) < 4.78 is 27.2. The average molecular weight is 340 g/mol. The zero-order valence-electron chi connectivity index (χ0n) is 10.9. The van der Waals surface area contributed by atoms with Gasteiger partial charge < -0.3 is 0 Å². The number of benzene rings is 1. The Morgan fingerprint density at radius 1 is 1.29 bits per heavy atom. The Morgan fingerprint density at radius 2 is 2.10 bits per heavy atom. The number of fused-ring (bicyclic) bond motifs is 1. The molecule has 108 valence electrons. The van der Waals surface area contributed by atoms with Crippen LogP contribution in [0.25, 0.3) is 5.65 Å². The summed E-state index contributed by atoms with van der Waals surface area (Å²) in [7, 11) is -3.74. The second-order valence-electron chi connectivity index (χ2n) is 4.19. The number of hydrogen-bond acceptors (Lipinski definition) is 5. The molecule has 0 radical (unpaired) electrons. The van der Waals surface area contributed by atoms with Gasteiger partial charge in [-0.2, -0.15) is 5.10 Å². The molecule has 3 rings (SSSR count). The van der Waals surface area contributed by atoms with Gasteiger partial charge in [0.15, 0.2) is 10.5 Å². The molecule has 0 aliphatic carbocycles. The van der Waals surface area contributed by atoms with Gasteiger partial charge in [0.05, 0.1) is 4.90 Å². The summed E-state index contributed by atoms with van der Waals surface area (Å²) in [4.78, 5) is 4.38. The predicted molar refractivity (Wildman–Crippen MR) is 81.7 cm³/mol. The summed E-state index contributed by atoms with van der Waals surface area (Å²) in [5, 5.41) is 5.03. The molecule has 2 heterocycles. The standard InChI is InChI=1S/C13H10ClN3O2S2/c1-20-13-11(12-15-6-3-7-17(12)16-13)21(18,19)10-5-2-4-9(14)8-10/h2-8H,1H3. The molecule has 0 aliphatic heterocycles. The van der Waals surface area contributed by atoms with Crippen molar-refractivity contribution in [3.63, 3.8) is 0 Å². The molecular formula is C13H10ClN3O2S2. The van der Waals surface area contributed by atoms with Gasteiger partial charge in [-0.1, -0.05) is 17.7 Å². The van der Waals surface area contributed by atoms with Crippen LogP contribution in [0.15, 0.2) is 57.5 Å². The van der Waals surface area contributed by atoms with E-state index in [-0.39, 0.29) is 9.79 Å². The van der Waals surface area contributed by atoms with Crippen molar-refractivity contribution in [1.82, 2.24) is 14.6 Å². The molecule has 0 amide bonds. The highest BCUT2D eigenvalue weighted by atomic mass is 35.5. The molecule has 0 unspecified atom stereocenters. The molecule has 8 heteroatoms. The Morgan fingerprint density at radius 3 is 2.81 bits per heavy atom. The van der Waals surface area contributed by atoms with Crippen LogP contribution in [0, 0.1) is 0 Å². The lowest BCUT2D eigenvalue weighted by Gasteiger charge is -2.04. The summed E-state index contributed by atoms with van der Waals surface area (Å²) in [6.45, 7) is 0. The van der Waals surface area contributed by atoms with Crippen molar-refractivity contribution >= 4 is 38.8 Å². The lowest BCUT2D eigenvalue weighted by Crippen LogP contribution is -2.03. The first-order valence-corrected chi connectivity index (χ1v) is 9.00. The van der Waals surface area contributed by atoms with Gasteiger partial charge in [-0.25, -0.2) is 17.9 Å². The van der Waals surface area contributed by atoms with E-state index in [9.17, 15) is 8.42 Å². The van der Waals surface area contributed by atoms with Crippen LogP contribution in [0.4, 0.5) is 0 Å². The average Bonchev–Trinajstić information content (AvgIpc) is 2.86. The molecule has 21 heavy (non-hydrogen) atoms. The van der Waals surface area contributed by atoms with Crippen LogP contribution in [0.1, 0.15) is 0 Å². The smallest absolute Gasteiger partial charge is 0.213 e. The number of hydrogen-bond donors (Lipinski definition) is 0. The van der Waals surface area contributed by atoms with Gasteiger partial charge in [-0.05, 0) is 30.5 Å². The highest BCUT2D eigenvalue weighted by molar-refractivity contribution is 7.99. The third kappa shape index (κ3) is 2.41. The van der Waals surface area contributed by atoms with Gasteiger partial charge >= 0.3 is 0 Å². The van der Waals surface area contributed by atoms with E-state index in [1.54, 1.807) is 30.7 Å². The van der Waals surface area contributed by atoms with E-state index >= 15 is 0 Å². The summed E-state index contributed by atoms with van der Waals surface area (Å²) in [5.74, 6) is 0. The maximum Gasteiger partial charge on any atom is 0.213 e. The minimum Gasteiger partial charge on any atom is -0.236 e. The molecule has 0 N–H and O–H groups in total. The summed E-state index contributed by atoms with van der Waals surface area (Å²) in [5.41, 5.74) is 0.307. The molecule has 1 aromatic carbocycles. The minimum atomic E-state index is -3.74. The Hall–Kier alpha value is -1.57. The van der Waals surface area contributed by atoms with Gasteiger partial charge in [0.25, 0.3) is 0 Å². The normalized spacial score (nSPS) is 11.9. The Balaban J connectivity index is 2.33. The Kier molecular flexibility index (Phi) is 3.64. The van der Waals surface area contributed by atoms with Crippen molar-refractivity contribution < 1.29 is 8.42 Å². The molecule has 0 saturated heterocycles. The Labute approximate surface area is 130 Å². The largest absolute Gasteiger partial charge is 0.236 e. The van der Waals surface area contributed by atoms with Crippen LogP contribution in [0.2, 0.25) is 5.02 Å². The number of sulfone groups is 1. The van der Waals surface area contributed by atoms with Gasteiger partial charge in [0.1, 0.15) is 5.03 Å². The van der Waals surface area contributed by atoms with E-state index in [0.717, 1.165) is 0 Å². The maximum absolute atomic E-state index is 12.9. The topological polar surface area (TPSA) is 64.3 Å². The van der Waals surface area contributed by atoms with Crippen molar-refractivity contribution in [1.29, 1.82) is 0 Å². The zero-order valence-corrected chi connectivity index (χ0v) is 13.3. The summed E-state index contributed by atoms with van der Waals surface area (Å²) >= 11 is 7.16. The Bertz CT molecular complexity index is 922. The molecule has 3 aromatic rings. The first kappa shape index (κ1) is 14.4. The van der Waals surface area contributed by atoms with Gasteiger partial charge in [0.2, 0.25) is 9.84 Å². The van der Waals surface area contributed by atoms with Crippen molar-refractivity contribution in [2.75, 3.05) is 6.26 Å². The van der Waals surface area contributed by atoms with Crippen LogP contribution < -0.4 is 0 Å². The van der Waals surface area contributed by atoms with Gasteiger partial charge in [-0.3, -0.25) is 0 Å². The predicted octanol–water partition coefficient (Wildman–Crippen LogP) is 2.94. The quantitative estimate of drug-likeness (QED) is 0.686. The van der Waals surface area contributed by atoms with Crippen LogP contribution in [-0.2, 0) is 9.84 Å². The third-order valence-electron chi connectivity index (χ3n) is 2.89.